The van der Waals surface area contributed by atoms with E-state index in [1.807, 2.05) is 6.92 Å². The number of esters is 1. The van der Waals surface area contributed by atoms with E-state index in [4.69, 9.17) is 9.47 Å². The van der Waals surface area contributed by atoms with Gasteiger partial charge in [0.15, 0.2) is 5.60 Å². The fraction of sp³-hybridized carbons (Fsp3) is 0.909. The Hall–Kier alpha value is -0.610. The molecular weight excluding hydrogens is 196 g/mol. The molecule has 1 saturated heterocycles. The second-order valence-corrected chi connectivity index (χ2v) is 5.41. The Balaban J connectivity index is 2.10. The highest BCUT2D eigenvalue weighted by Gasteiger charge is 2.55. The fourth-order valence-electron chi connectivity index (χ4n) is 2.19. The van der Waals surface area contributed by atoms with Gasteiger partial charge in [0.05, 0.1) is 5.60 Å². The summed E-state index contributed by atoms with van der Waals surface area (Å²) in [7, 11) is 0. The number of ether oxygens (including phenoxy) is 2. The van der Waals surface area contributed by atoms with Gasteiger partial charge in [-0.2, -0.15) is 0 Å². The Morgan fingerprint density at radius 3 is 2.07 bits per heavy atom. The number of carbonyl (C=O) groups excluding carboxylic acids is 1. The molecule has 1 aliphatic carbocycles. The minimum absolute atomic E-state index is 0.302. The molecule has 2 fully saturated rings. The van der Waals surface area contributed by atoms with Crippen LogP contribution in [0.2, 0.25) is 0 Å². The third-order valence-electron chi connectivity index (χ3n) is 3.30. The lowest BCUT2D eigenvalue weighted by Gasteiger charge is -2.38. The average Bonchev–Trinajstić information content (AvgIpc) is 2.31. The van der Waals surface area contributed by atoms with Crippen molar-refractivity contribution in [3.63, 3.8) is 0 Å². The lowest BCUT2D eigenvalue weighted by molar-refractivity contribution is -0.218. The van der Waals surface area contributed by atoms with E-state index in [1.54, 1.807) is 13.8 Å². The molecule has 4 heteroatoms. The Bertz CT molecular complexity index is 283. The van der Waals surface area contributed by atoms with Gasteiger partial charge < -0.3 is 14.6 Å². The molecule has 2 aliphatic rings. The van der Waals surface area contributed by atoms with Crippen LogP contribution in [0.15, 0.2) is 0 Å². The van der Waals surface area contributed by atoms with Crippen molar-refractivity contribution in [1.82, 2.24) is 0 Å². The number of aliphatic hydroxyl groups is 1. The Kier molecular flexibility index (Phi) is 2.14. The molecule has 1 saturated carbocycles. The van der Waals surface area contributed by atoms with Gasteiger partial charge in [-0.05, 0) is 33.6 Å². The topological polar surface area (TPSA) is 55.8 Å². The summed E-state index contributed by atoms with van der Waals surface area (Å²) in [6.07, 6.45) is 2.37. The molecule has 15 heavy (non-hydrogen) atoms. The van der Waals surface area contributed by atoms with Crippen molar-refractivity contribution in [2.24, 2.45) is 0 Å². The number of hydrogen-bond donors (Lipinski definition) is 1. The van der Waals surface area contributed by atoms with Gasteiger partial charge in [-0.1, -0.05) is 0 Å². The van der Waals surface area contributed by atoms with Crippen LogP contribution in [0.4, 0.5) is 0 Å². The predicted molar refractivity (Wildman–Crippen MR) is 53.1 cm³/mol. The summed E-state index contributed by atoms with van der Waals surface area (Å²) in [4.78, 5) is 11.5. The first-order valence-corrected chi connectivity index (χ1v) is 5.41. The van der Waals surface area contributed by atoms with Gasteiger partial charge in [0.2, 0.25) is 5.79 Å². The molecule has 0 unspecified atom stereocenters. The molecule has 86 valence electrons. The van der Waals surface area contributed by atoms with Gasteiger partial charge in [-0.3, -0.25) is 0 Å². The van der Waals surface area contributed by atoms with E-state index >= 15 is 0 Å². The van der Waals surface area contributed by atoms with Crippen LogP contribution in [-0.2, 0) is 14.3 Å². The van der Waals surface area contributed by atoms with Crippen molar-refractivity contribution in [3.8, 4) is 0 Å². The molecule has 2 rings (SSSR count). The van der Waals surface area contributed by atoms with E-state index in [9.17, 15) is 9.90 Å². The monoisotopic (exact) mass is 214 g/mol. The second kappa shape index (κ2) is 2.95. The minimum atomic E-state index is -0.844. The highest BCUT2D eigenvalue weighted by atomic mass is 16.8. The smallest absolute Gasteiger partial charge is 0.340 e. The Morgan fingerprint density at radius 2 is 1.67 bits per heavy atom. The molecule has 1 aliphatic heterocycles. The van der Waals surface area contributed by atoms with E-state index in [1.165, 1.54) is 0 Å². The molecule has 0 atom stereocenters. The van der Waals surface area contributed by atoms with E-state index in [-0.39, 0.29) is 5.97 Å². The molecule has 0 bridgehead atoms. The van der Waals surface area contributed by atoms with Crippen LogP contribution in [0.3, 0.4) is 0 Å². The summed E-state index contributed by atoms with van der Waals surface area (Å²) in [5.41, 5.74) is -1.49. The van der Waals surface area contributed by atoms with Crippen LogP contribution in [-0.4, -0.2) is 28.1 Å². The molecular formula is C11H18O4. The van der Waals surface area contributed by atoms with Crippen molar-refractivity contribution in [1.29, 1.82) is 0 Å². The van der Waals surface area contributed by atoms with Crippen LogP contribution in [0, 0.1) is 0 Å². The van der Waals surface area contributed by atoms with Crippen molar-refractivity contribution < 1.29 is 19.4 Å². The summed E-state index contributed by atoms with van der Waals surface area (Å²) in [5, 5.41) is 9.82. The maximum atomic E-state index is 11.5. The summed E-state index contributed by atoms with van der Waals surface area (Å²) in [6, 6.07) is 0. The molecule has 0 aromatic heterocycles. The lowest BCUT2D eigenvalue weighted by Crippen LogP contribution is -2.43. The fourth-order valence-corrected chi connectivity index (χ4v) is 2.19. The summed E-state index contributed by atoms with van der Waals surface area (Å²) in [6.45, 7) is 5.25. The molecule has 0 radical (unpaired) electrons. The third-order valence-corrected chi connectivity index (χ3v) is 3.30. The Labute approximate surface area is 89.6 Å². The predicted octanol–water partition coefficient (Wildman–Crippen LogP) is 1.36. The maximum Gasteiger partial charge on any atom is 0.340 e. The largest absolute Gasteiger partial charge is 0.431 e. The van der Waals surface area contributed by atoms with Crippen molar-refractivity contribution in [2.75, 3.05) is 0 Å². The maximum absolute atomic E-state index is 11.5. The molecule has 1 spiro atoms. The van der Waals surface area contributed by atoms with E-state index in [0.717, 1.165) is 0 Å². The lowest BCUT2D eigenvalue weighted by atomic mass is 9.83. The summed E-state index contributed by atoms with van der Waals surface area (Å²) >= 11 is 0. The van der Waals surface area contributed by atoms with Crippen molar-refractivity contribution in [2.45, 2.75) is 63.4 Å². The van der Waals surface area contributed by atoms with Crippen molar-refractivity contribution >= 4 is 5.97 Å². The zero-order valence-electron chi connectivity index (χ0n) is 9.50. The Morgan fingerprint density at radius 1 is 1.13 bits per heavy atom. The van der Waals surface area contributed by atoms with Gasteiger partial charge in [0, 0.05) is 12.8 Å². The van der Waals surface area contributed by atoms with Gasteiger partial charge in [0.25, 0.3) is 0 Å². The molecule has 4 nitrogen and oxygen atoms in total. The van der Waals surface area contributed by atoms with Crippen molar-refractivity contribution in [3.05, 3.63) is 0 Å². The van der Waals surface area contributed by atoms with Crippen LogP contribution in [0.1, 0.15) is 46.5 Å². The average molecular weight is 214 g/mol. The molecule has 1 heterocycles. The molecule has 0 amide bonds. The second-order valence-electron chi connectivity index (χ2n) is 5.41. The first kappa shape index (κ1) is 10.9. The third kappa shape index (κ3) is 1.88. The van der Waals surface area contributed by atoms with E-state index < -0.39 is 17.0 Å². The van der Waals surface area contributed by atoms with Crippen LogP contribution < -0.4 is 0 Å². The zero-order valence-corrected chi connectivity index (χ0v) is 9.50. The van der Waals surface area contributed by atoms with Crippen LogP contribution in [0.25, 0.3) is 0 Å². The van der Waals surface area contributed by atoms with E-state index in [2.05, 4.69) is 0 Å². The zero-order chi connectivity index (χ0) is 11.3. The van der Waals surface area contributed by atoms with Gasteiger partial charge >= 0.3 is 5.97 Å². The molecule has 0 aromatic rings. The first-order valence-electron chi connectivity index (χ1n) is 5.41. The van der Waals surface area contributed by atoms with Gasteiger partial charge in [0.1, 0.15) is 0 Å². The van der Waals surface area contributed by atoms with Crippen LogP contribution >= 0.6 is 0 Å². The molecule has 0 aromatic carbocycles. The van der Waals surface area contributed by atoms with E-state index in [0.29, 0.717) is 25.7 Å². The first-order chi connectivity index (χ1) is 6.75. The SMILES string of the molecule is CC1(O)CCC2(CC1)OC(=O)C(C)(C)O2. The quantitative estimate of drug-likeness (QED) is 0.618. The normalized spacial score (nSPS) is 44.4. The minimum Gasteiger partial charge on any atom is -0.431 e. The number of carbonyl (C=O) groups is 1. The number of rotatable bonds is 0. The van der Waals surface area contributed by atoms with Gasteiger partial charge in [-0.25, -0.2) is 4.79 Å². The van der Waals surface area contributed by atoms with Crippen LogP contribution in [0.5, 0.6) is 0 Å². The molecule has 1 N–H and O–H groups in total. The highest BCUT2D eigenvalue weighted by Crippen LogP contribution is 2.44. The highest BCUT2D eigenvalue weighted by molar-refractivity contribution is 5.80. The van der Waals surface area contributed by atoms with Gasteiger partial charge in [-0.15, -0.1) is 0 Å². The number of hydrogen-bond acceptors (Lipinski definition) is 4. The summed E-state index contributed by atoms with van der Waals surface area (Å²) < 4.78 is 11.0. The standard InChI is InChI=1S/C11H18O4/c1-9(2)8(12)14-11(15-9)6-4-10(3,13)5-7-11/h13H,4-7H2,1-3H3. The summed E-state index contributed by atoms with van der Waals surface area (Å²) in [5.74, 6) is -1.08.